The summed E-state index contributed by atoms with van der Waals surface area (Å²) in [6, 6.07) is 5.47. The first-order valence-electron chi connectivity index (χ1n) is 7.16. The Hall–Kier alpha value is -2.11. The van der Waals surface area contributed by atoms with Crippen molar-refractivity contribution in [1.82, 2.24) is 15.2 Å². The number of amides is 2. The van der Waals surface area contributed by atoms with Gasteiger partial charge in [-0.25, -0.2) is 4.79 Å². The Morgan fingerprint density at radius 3 is 2.71 bits per heavy atom. The van der Waals surface area contributed by atoms with Gasteiger partial charge in [0.2, 0.25) is 0 Å². The number of likely N-dealkylation sites (N-methyl/N-ethyl adjacent to an activating group) is 1. The summed E-state index contributed by atoms with van der Waals surface area (Å²) in [5.74, 6) is -0.869. The summed E-state index contributed by atoms with van der Waals surface area (Å²) in [6.45, 7) is 0.548. The number of carbonyl (C=O) groups excluding carboxylic acids is 1. The van der Waals surface area contributed by atoms with Gasteiger partial charge in [-0.1, -0.05) is 6.07 Å². The molecule has 2 rings (SSSR count). The number of hydrogen-bond acceptors (Lipinski definition) is 3. The van der Waals surface area contributed by atoms with Gasteiger partial charge in [0.15, 0.2) is 0 Å². The van der Waals surface area contributed by atoms with Crippen molar-refractivity contribution >= 4 is 12.0 Å². The van der Waals surface area contributed by atoms with Crippen LogP contribution in [0.3, 0.4) is 0 Å². The van der Waals surface area contributed by atoms with Crippen LogP contribution in [0.2, 0.25) is 0 Å². The van der Waals surface area contributed by atoms with E-state index in [1.807, 2.05) is 18.2 Å². The number of pyridine rings is 1. The molecule has 1 heterocycles. The molecule has 6 nitrogen and oxygen atoms in total. The monoisotopic (exact) mass is 291 g/mol. The number of carbonyl (C=O) groups is 2. The maximum absolute atomic E-state index is 12.2. The van der Waals surface area contributed by atoms with Crippen LogP contribution in [0, 0.1) is 0 Å². The molecule has 0 aromatic carbocycles. The molecule has 6 heteroatoms. The molecule has 0 atom stereocenters. The summed E-state index contributed by atoms with van der Waals surface area (Å²) < 4.78 is 0. The molecular formula is C15H21N3O3. The van der Waals surface area contributed by atoms with E-state index >= 15 is 0 Å². The molecule has 114 valence electrons. The molecule has 0 radical (unpaired) electrons. The molecule has 0 saturated heterocycles. The molecule has 0 bridgehead atoms. The Morgan fingerprint density at radius 2 is 2.19 bits per heavy atom. The van der Waals surface area contributed by atoms with Crippen LogP contribution >= 0.6 is 0 Å². The third kappa shape index (κ3) is 4.18. The van der Waals surface area contributed by atoms with Gasteiger partial charge >= 0.3 is 12.0 Å². The van der Waals surface area contributed by atoms with Crippen LogP contribution < -0.4 is 5.32 Å². The highest BCUT2D eigenvalue weighted by molar-refractivity contribution is 5.77. The summed E-state index contributed by atoms with van der Waals surface area (Å²) in [5, 5.41) is 11.8. The van der Waals surface area contributed by atoms with Gasteiger partial charge < -0.3 is 15.3 Å². The van der Waals surface area contributed by atoms with E-state index < -0.39 is 11.5 Å². The molecule has 0 unspecified atom stereocenters. The Labute approximate surface area is 124 Å². The fraction of sp³-hybridized carbons (Fsp3) is 0.533. The molecule has 1 aliphatic rings. The van der Waals surface area contributed by atoms with Crippen LogP contribution in [-0.2, 0) is 11.2 Å². The predicted octanol–water partition coefficient (Wildman–Crippen LogP) is 1.66. The van der Waals surface area contributed by atoms with E-state index in [-0.39, 0.29) is 12.5 Å². The lowest BCUT2D eigenvalue weighted by Crippen LogP contribution is -2.57. The van der Waals surface area contributed by atoms with Gasteiger partial charge in [0, 0.05) is 31.9 Å². The zero-order valence-electron chi connectivity index (χ0n) is 12.2. The van der Waals surface area contributed by atoms with Crippen molar-refractivity contribution < 1.29 is 14.7 Å². The van der Waals surface area contributed by atoms with Gasteiger partial charge in [0.1, 0.15) is 0 Å². The third-order valence-corrected chi connectivity index (χ3v) is 3.95. The van der Waals surface area contributed by atoms with E-state index in [0.717, 1.165) is 25.0 Å². The average molecular weight is 291 g/mol. The first-order chi connectivity index (χ1) is 10.0. The van der Waals surface area contributed by atoms with Crippen molar-refractivity contribution in [2.45, 2.75) is 37.6 Å². The Balaban J connectivity index is 1.83. The summed E-state index contributed by atoms with van der Waals surface area (Å²) >= 11 is 0. The van der Waals surface area contributed by atoms with Gasteiger partial charge in [-0.3, -0.25) is 9.78 Å². The molecule has 0 spiro atoms. The zero-order chi connectivity index (χ0) is 15.3. The van der Waals surface area contributed by atoms with E-state index in [4.69, 9.17) is 5.11 Å². The van der Waals surface area contributed by atoms with Gasteiger partial charge in [-0.05, 0) is 31.4 Å². The Bertz CT molecular complexity index is 500. The topological polar surface area (TPSA) is 82.5 Å². The SMILES string of the molecule is CN(CCc1ccccn1)C(=O)NC1(CC(=O)O)CCC1. The van der Waals surface area contributed by atoms with Crippen LogP contribution in [0.15, 0.2) is 24.4 Å². The number of aliphatic carboxylic acids is 1. The third-order valence-electron chi connectivity index (χ3n) is 3.95. The lowest BCUT2D eigenvalue weighted by molar-refractivity contribution is -0.139. The summed E-state index contributed by atoms with van der Waals surface area (Å²) in [7, 11) is 1.71. The van der Waals surface area contributed by atoms with Crippen LogP contribution in [0.4, 0.5) is 4.79 Å². The van der Waals surface area contributed by atoms with E-state index in [2.05, 4.69) is 10.3 Å². The lowest BCUT2D eigenvalue weighted by Gasteiger charge is -2.42. The minimum Gasteiger partial charge on any atom is -0.481 e. The molecule has 1 aliphatic carbocycles. The average Bonchev–Trinajstić information content (AvgIpc) is 2.42. The number of urea groups is 1. The van der Waals surface area contributed by atoms with Crippen LogP contribution in [0.5, 0.6) is 0 Å². The van der Waals surface area contributed by atoms with Crippen LogP contribution in [0.1, 0.15) is 31.4 Å². The van der Waals surface area contributed by atoms with Crippen LogP contribution in [0.25, 0.3) is 0 Å². The van der Waals surface area contributed by atoms with Crippen molar-refractivity contribution in [3.63, 3.8) is 0 Å². The van der Waals surface area contributed by atoms with Crippen molar-refractivity contribution in [1.29, 1.82) is 0 Å². The molecular weight excluding hydrogens is 270 g/mol. The quantitative estimate of drug-likeness (QED) is 0.835. The summed E-state index contributed by atoms with van der Waals surface area (Å²) in [5.41, 5.74) is 0.378. The first kappa shape index (κ1) is 15.3. The molecule has 0 aliphatic heterocycles. The number of nitrogens with zero attached hydrogens (tertiary/aromatic N) is 2. The number of carboxylic acid groups (broad SMARTS) is 1. The minimum absolute atomic E-state index is 0.00712. The zero-order valence-corrected chi connectivity index (χ0v) is 12.2. The second-order valence-corrected chi connectivity index (χ2v) is 5.63. The van der Waals surface area contributed by atoms with Crippen molar-refractivity contribution in [2.75, 3.05) is 13.6 Å². The highest BCUT2D eigenvalue weighted by atomic mass is 16.4. The Morgan fingerprint density at radius 1 is 1.43 bits per heavy atom. The smallest absolute Gasteiger partial charge is 0.317 e. The number of aromatic nitrogens is 1. The molecule has 1 fully saturated rings. The highest BCUT2D eigenvalue weighted by Crippen LogP contribution is 2.35. The van der Waals surface area contributed by atoms with Crippen molar-refractivity contribution in [3.8, 4) is 0 Å². The number of rotatable bonds is 6. The van der Waals surface area contributed by atoms with Crippen LogP contribution in [-0.4, -0.2) is 46.1 Å². The lowest BCUT2D eigenvalue weighted by atomic mass is 9.74. The van der Waals surface area contributed by atoms with Gasteiger partial charge in [-0.15, -0.1) is 0 Å². The fourth-order valence-corrected chi connectivity index (χ4v) is 2.49. The summed E-state index contributed by atoms with van der Waals surface area (Å²) in [4.78, 5) is 28.8. The molecule has 1 aromatic heterocycles. The largest absolute Gasteiger partial charge is 0.481 e. The maximum atomic E-state index is 12.2. The van der Waals surface area contributed by atoms with Gasteiger partial charge in [0.25, 0.3) is 0 Å². The normalized spacial score (nSPS) is 15.9. The first-order valence-corrected chi connectivity index (χ1v) is 7.16. The summed E-state index contributed by atoms with van der Waals surface area (Å²) in [6.07, 6.45) is 4.83. The highest BCUT2D eigenvalue weighted by Gasteiger charge is 2.40. The van der Waals surface area contributed by atoms with E-state index in [9.17, 15) is 9.59 Å². The van der Waals surface area contributed by atoms with Crippen molar-refractivity contribution in [2.24, 2.45) is 0 Å². The fourth-order valence-electron chi connectivity index (χ4n) is 2.49. The number of hydrogen-bond donors (Lipinski definition) is 2. The van der Waals surface area contributed by atoms with E-state index in [1.54, 1.807) is 18.1 Å². The Kier molecular flexibility index (Phi) is 4.77. The standard InChI is InChI=1S/C15H21N3O3/c1-18(10-6-12-5-2-3-9-16-12)14(21)17-15(7-4-8-15)11-13(19)20/h2-3,5,9H,4,6-8,10-11H2,1H3,(H,17,21)(H,19,20). The second-order valence-electron chi connectivity index (χ2n) is 5.63. The predicted molar refractivity (Wildman–Crippen MR) is 77.9 cm³/mol. The molecule has 1 saturated carbocycles. The molecule has 21 heavy (non-hydrogen) atoms. The maximum Gasteiger partial charge on any atom is 0.317 e. The molecule has 2 amide bonds. The van der Waals surface area contributed by atoms with Gasteiger partial charge in [-0.2, -0.15) is 0 Å². The number of carboxylic acids is 1. The van der Waals surface area contributed by atoms with E-state index in [1.165, 1.54) is 0 Å². The van der Waals surface area contributed by atoms with Gasteiger partial charge in [0.05, 0.1) is 12.0 Å². The second kappa shape index (κ2) is 6.56. The van der Waals surface area contributed by atoms with Crippen molar-refractivity contribution in [3.05, 3.63) is 30.1 Å². The minimum atomic E-state index is -0.869. The molecule has 1 aromatic rings. The van der Waals surface area contributed by atoms with E-state index in [0.29, 0.717) is 13.0 Å². The molecule has 2 N–H and O–H groups in total. The number of nitrogens with one attached hydrogen (secondary N) is 1.